The molecule has 0 spiro atoms. The maximum absolute atomic E-state index is 13.2. The van der Waals surface area contributed by atoms with Crippen LogP contribution in [0.5, 0.6) is 0 Å². The number of esters is 1. The molecule has 1 amide bonds. The Bertz CT molecular complexity index is 1050. The van der Waals surface area contributed by atoms with E-state index >= 15 is 0 Å². The van der Waals surface area contributed by atoms with Crippen LogP contribution in [0.4, 0.5) is 4.39 Å². The van der Waals surface area contributed by atoms with Crippen molar-refractivity contribution in [1.82, 2.24) is 14.7 Å². The number of carbonyl (C=O) groups excluding carboxylic acids is 2. The standard InChI is InChI=1S/C20H20FN3O4S/c1-12-16-11-17(20(26)28-13(2)18(25)23-7-9-27-10-8-23)29-19(16)24(22-12)15-5-3-14(21)4-6-15/h3-6,11,13H,7-10H2,1-2H3. The van der Waals surface area contributed by atoms with Gasteiger partial charge >= 0.3 is 5.97 Å². The number of halogens is 1. The Balaban J connectivity index is 1.54. The Morgan fingerprint density at radius 2 is 1.93 bits per heavy atom. The first-order valence-corrected chi connectivity index (χ1v) is 10.1. The van der Waals surface area contributed by atoms with Crippen LogP contribution in [-0.4, -0.2) is 59.0 Å². The molecule has 0 N–H and O–H groups in total. The van der Waals surface area contributed by atoms with Gasteiger partial charge in [-0.05, 0) is 44.2 Å². The highest BCUT2D eigenvalue weighted by atomic mass is 32.1. The molecule has 2 aromatic heterocycles. The molecule has 1 aliphatic rings. The number of nitrogens with zero attached hydrogens (tertiary/aromatic N) is 3. The number of amides is 1. The van der Waals surface area contributed by atoms with E-state index in [1.165, 1.54) is 23.5 Å². The topological polar surface area (TPSA) is 73.7 Å². The summed E-state index contributed by atoms with van der Waals surface area (Å²) in [6, 6.07) is 7.69. The first kappa shape index (κ1) is 19.5. The average molecular weight is 417 g/mol. The fraction of sp³-hybridized carbons (Fsp3) is 0.350. The molecule has 0 bridgehead atoms. The van der Waals surface area contributed by atoms with Crippen molar-refractivity contribution in [3.05, 3.63) is 46.7 Å². The Labute approximate surface area is 170 Å². The van der Waals surface area contributed by atoms with Crippen molar-refractivity contribution in [3.8, 4) is 5.69 Å². The second-order valence-corrected chi connectivity index (χ2v) is 7.82. The third-order valence-corrected chi connectivity index (χ3v) is 5.86. The second-order valence-electron chi connectivity index (χ2n) is 6.79. The molecule has 1 saturated heterocycles. The third-order valence-electron chi connectivity index (χ3n) is 4.77. The minimum atomic E-state index is -0.875. The van der Waals surface area contributed by atoms with Gasteiger partial charge in [0, 0.05) is 18.5 Å². The summed E-state index contributed by atoms with van der Waals surface area (Å²) in [6.45, 7) is 5.39. The van der Waals surface area contributed by atoms with Gasteiger partial charge in [-0.3, -0.25) is 4.79 Å². The van der Waals surface area contributed by atoms with E-state index in [9.17, 15) is 14.0 Å². The number of thiophene rings is 1. The molecule has 3 aromatic rings. The number of hydrogen-bond donors (Lipinski definition) is 0. The molecule has 1 aromatic carbocycles. The lowest BCUT2D eigenvalue weighted by Crippen LogP contribution is -2.46. The Hall–Kier alpha value is -2.78. The van der Waals surface area contributed by atoms with Crippen LogP contribution in [-0.2, 0) is 14.3 Å². The number of carbonyl (C=O) groups is 2. The first-order valence-electron chi connectivity index (χ1n) is 9.26. The zero-order valence-electron chi connectivity index (χ0n) is 16.1. The van der Waals surface area contributed by atoms with E-state index in [0.29, 0.717) is 36.9 Å². The largest absolute Gasteiger partial charge is 0.448 e. The highest BCUT2D eigenvalue weighted by molar-refractivity contribution is 7.20. The average Bonchev–Trinajstić information content (AvgIpc) is 3.29. The second kappa shape index (κ2) is 7.92. The van der Waals surface area contributed by atoms with E-state index in [2.05, 4.69) is 5.10 Å². The molecule has 1 atom stereocenters. The lowest BCUT2D eigenvalue weighted by Gasteiger charge is -2.28. The van der Waals surface area contributed by atoms with Crippen LogP contribution in [0.15, 0.2) is 30.3 Å². The van der Waals surface area contributed by atoms with Crippen molar-refractivity contribution in [3.63, 3.8) is 0 Å². The smallest absolute Gasteiger partial charge is 0.349 e. The molecule has 0 aliphatic carbocycles. The number of aryl methyl sites for hydroxylation is 1. The number of benzene rings is 1. The van der Waals surface area contributed by atoms with Crippen LogP contribution < -0.4 is 0 Å². The highest BCUT2D eigenvalue weighted by Crippen LogP contribution is 2.31. The van der Waals surface area contributed by atoms with E-state index in [0.717, 1.165) is 15.9 Å². The number of fused-ring (bicyclic) bond motifs is 1. The fourth-order valence-electron chi connectivity index (χ4n) is 3.21. The molecule has 1 fully saturated rings. The van der Waals surface area contributed by atoms with Crippen molar-refractivity contribution < 1.29 is 23.5 Å². The van der Waals surface area contributed by atoms with Gasteiger partial charge in [-0.25, -0.2) is 13.9 Å². The Morgan fingerprint density at radius 3 is 2.62 bits per heavy atom. The van der Waals surface area contributed by atoms with Crippen LogP contribution in [0.1, 0.15) is 22.3 Å². The third kappa shape index (κ3) is 3.88. The van der Waals surface area contributed by atoms with Gasteiger partial charge in [-0.15, -0.1) is 11.3 Å². The molecule has 1 unspecified atom stereocenters. The van der Waals surface area contributed by atoms with Crippen LogP contribution in [0.3, 0.4) is 0 Å². The number of rotatable bonds is 4. The predicted molar refractivity (Wildman–Crippen MR) is 106 cm³/mol. The molecule has 29 heavy (non-hydrogen) atoms. The van der Waals surface area contributed by atoms with Crippen molar-refractivity contribution in [2.24, 2.45) is 0 Å². The maximum Gasteiger partial charge on any atom is 0.349 e. The molecular weight excluding hydrogens is 397 g/mol. The van der Waals surface area contributed by atoms with E-state index in [-0.39, 0.29) is 11.7 Å². The molecule has 3 heterocycles. The minimum Gasteiger partial charge on any atom is -0.448 e. The van der Waals surface area contributed by atoms with Crippen LogP contribution in [0.25, 0.3) is 15.9 Å². The summed E-state index contributed by atoms with van der Waals surface area (Å²) < 4.78 is 25.6. The van der Waals surface area contributed by atoms with E-state index in [1.54, 1.807) is 34.7 Å². The molecule has 7 nitrogen and oxygen atoms in total. The Morgan fingerprint density at radius 1 is 1.24 bits per heavy atom. The molecule has 152 valence electrons. The number of ether oxygens (including phenoxy) is 2. The van der Waals surface area contributed by atoms with Gasteiger partial charge in [0.05, 0.1) is 24.6 Å². The molecular formula is C20H20FN3O4S. The SMILES string of the molecule is Cc1nn(-c2ccc(F)cc2)c2sc(C(=O)OC(C)C(=O)N3CCOCC3)cc12. The first-order chi connectivity index (χ1) is 13.9. The van der Waals surface area contributed by atoms with Gasteiger partial charge in [0.25, 0.3) is 5.91 Å². The maximum atomic E-state index is 13.2. The molecule has 4 rings (SSSR count). The van der Waals surface area contributed by atoms with Crippen LogP contribution in [0, 0.1) is 12.7 Å². The lowest BCUT2D eigenvalue weighted by molar-refractivity contribution is -0.143. The number of morpholine rings is 1. The Kier molecular flexibility index (Phi) is 5.33. The van der Waals surface area contributed by atoms with Gasteiger partial charge < -0.3 is 14.4 Å². The van der Waals surface area contributed by atoms with Crippen LogP contribution >= 0.6 is 11.3 Å². The summed E-state index contributed by atoms with van der Waals surface area (Å²) in [5.41, 5.74) is 1.44. The number of aromatic nitrogens is 2. The van der Waals surface area contributed by atoms with Gasteiger partial charge in [-0.2, -0.15) is 5.10 Å². The van der Waals surface area contributed by atoms with Crippen molar-refractivity contribution in [2.45, 2.75) is 20.0 Å². The predicted octanol–water partition coefficient (Wildman–Crippen LogP) is 2.94. The lowest BCUT2D eigenvalue weighted by atomic mass is 10.3. The molecule has 1 aliphatic heterocycles. The summed E-state index contributed by atoms with van der Waals surface area (Å²) in [5, 5.41) is 5.30. The zero-order valence-corrected chi connectivity index (χ0v) is 16.9. The summed E-state index contributed by atoms with van der Waals surface area (Å²) in [6.07, 6.45) is -0.875. The van der Waals surface area contributed by atoms with E-state index in [4.69, 9.17) is 9.47 Å². The van der Waals surface area contributed by atoms with E-state index in [1.807, 2.05) is 6.92 Å². The monoisotopic (exact) mass is 417 g/mol. The normalized spacial score (nSPS) is 15.5. The zero-order chi connectivity index (χ0) is 20.5. The van der Waals surface area contributed by atoms with Gasteiger partial charge in [-0.1, -0.05) is 0 Å². The van der Waals surface area contributed by atoms with Crippen LogP contribution in [0.2, 0.25) is 0 Å². The van der Waals surface area contributed by atoms with Crippen molar-refractivity contribution in [2.75, 3.05) is 26.3 Å². The van der Waals surface area contributed by atoms with Crippen molar-refractivity contribution in [1.29, 1.82) is 0 Å². The van der Waals surface area contributed by atoms with E-state index < -0.39 is 12.1 Å². The van der Waals surface area contributed by atoms with Gasteiger partial charge in [0.15, 0.2) is 6.10 Å². The fourth-order valence-corrected chi connectivity index (χ4v) is 4.28. The summed E-state index contributed by atoms with van der Waals surface area (Å²) >= 11 is 1.23. The van der Waals surface area contributed by atoms with Gasteiger partial charge in [0.2, 0.25) is 0 Å². The summed E-state index contributed by atoms with van der Waals surface area (Å²) in [5.74, 6) is -1.11. The van der Waals surface area contributed by atoms with Gasteiger partial charge in [0.1, 0.15) is 15.5 Å². The quantitative estimate of drug-likeness (QED) is 0.611. The number of hydrogen-bond acceptors (Lipinski definition) is 6. The molecule has 9 heteroatoms. The van der Waals surface area contributed by atoms with Crippen molar-refractivity contribution >= 4 is 33.4 Å². The summed E-state index contributed by atoms with van der Waals surface area (Å²) in [7, 11) is 0. The highest BCUT2D eigenvalue weighted by Gasteiger charge is 2.27. The minimum absolute atomic E-state index is 0.226. The summed E-state index contributed by atoms with van der Waals surface area (Å²) in [4.78, 5) is 27.9. The molecule has 0 radical (unpaired) electrons. The molecule has 0 saturated carbocycles.